The zero-order valence-corrected chi connectivity index (χ0v) is 10.5. The minimum absolute atomic E-state index is 0.0152. The predicted molar refractivity (Wildman–Crippen MR) is 75.5 cm³/mol. The second-order valence-corrected chi connectivity index (χ2v) is 4.25. The molecular weight excluding hydrogens is 242 g/mol. The molecule has 1 atom stereocenters. The van der Waals surface area contributed by atoms with Crippen LogP contribution in [0, 0.1) is 0 Å². The summed E-state index contributed by atoms with van der Waals surface area (Å²) in [6.45, 7) is -0.0152. The Kier molecular flexibility index (Phi) is 4.15. The van der Waals surface area contributed by atoms with Gasteiger partial charge in [-0.2, -0.15) is 9.97 Å². The molecule has 0 fully saturated rings. The Morgan fingerprint density at radius 3 is 2.53 bits per heavy atom. The van der Waals surface area contributed by atoms with Gasteiger partial charge in [0.25, 0.3) is 0 Å². The molecule has 6 N–H and O–H groups in total. The number of aromatic nitrogens is 2. The molecule has 0 bridgehead atoms. The topological polar surface area (TPSA) is 110 Å². The zero-order valence-electron chi connectivity index (χ0n) is 10.5. The highest BCUT2D eigenvalue weighted by Gasteiger charge is 2.10. The van der Waals surface area contributed by atoms with Gasteiger partial charge in [-0.1, -0.05) is 30.3 Å². The van der Waals surface area contributed by atoms with Crippen LogP contribution in [0.4, 0.5) is 17.6 Å². The number of nitrogens with one attached hydrogen (secondary N) is 1. The fourth-order valence-electron chi connectivity index (χ4n) is 1.83. The van der Waals surface area contributed by atoms with Crippen molar-refractivity contribution < 1.29 is 5.11 Å². The van der Waals surface area contributed by atoms with Crippen molar-refractivity contribution in [1.82, 2.24) is 9.97 Å². The molecule has 0 saturated carbocycles. The van der Waals surface area contributed by atoms with E-state index in [1.807, 2.05) is 30.3 Å². The van der Waals surface area contributed by atoms with Gasteiger partial charge in [0.15, 0.2) is 0 Å². The summed E-state index contributed by atoms with van der Waals surface area (Å²) in [7, 11) is 0. The summed E-state index contributed by atoms with van der Waals surface area (Å²) in [4.78, 5) is 7.82. The Morgan fingerprint density at radius 2 is 1.89 bits per heavy atom. The summed E-state index contributed by atoms with van der Waals surface area (Å²) >= 11 is 0. The third-order valence-corrected chi connectivity index (χ3v) is 2.66. The van der Waals surface area contributed by atoms with Crippen LogP contribution in [0.3, 0.4) is 0 Å². The summed E-state index contributed by atoms with van der Waals surface area (Å²) in [5, 5.41) is 12.5. The summed E-state index contributed by atoms with van der Waals surface area (Å²) in [6, 6.07) is 11.3. The van der Waals surface area contributed by atoms with Gasteiger partial charge in [-0.3, -0.25) is 0 Å². The SMILES string of the molecule is Nc1cc(NC(CO)Cc2ccccc2)nc(N)n1. The zero-order chi connectivity index (χ0) is 13.7. The number of aliphatic hydroxyl groups excluding tert-OH is 1. The molecule has 0 spiro atoms. The molecule has 0 radical (unpaired) electrons. The second-order valence-electron chi connectivity index (χ2n) is 4.25. The van der Waals surface area contributed by atoms with Crippen LogP contribution in [0.15, 0.2) is 36.4 Å². The van der Waals surface area contributed by atoms with Crippen molar-refractivity contribution in [2.75, 3.05) is 23.4 Å². The molecule has 1 heterocycles. The molecule has 1 aromatic carbocycles. The normalized spacial score (nSPS) is 12.1. The van der Waals surface area contributed by atoms with Crippen molar-refractivity contribution in [2.45, 2.75) is 12.5 Å². The number of benzene rings is 1. The number of nitrogens with two attached hydrogens (primary N) is 2. The molecule has 0 saturated heterocycles. The van der Waals surface area contributed by atoms with Crippen LogP contribution >= 0.6 is 0 Å². The first-order valence-electron chi connectivity index (χ1n) is 5.98. The van der Waals surface area contributed by atoms with E-state index in [4.69, 9.17) is 11.5 Å². The van der Waals surface area contributed by atoms with Crippen molar-refractivity contribution in [2.24, 2.45) is 0 Å². The predicted octanol–water partition coefficient (Wildman–Crippen LogP) is 0.656. The molecular formula is C13H17N5O. The Hall–Kier alpha value is -2.34. The quantitative estimate of drug-likeness (QED) is 0.627. The number of aliphatic hydroxyl groups is 1. The van der Waals surface area contributed by atoms with Crippen molar-refractivity contribution in [3.8, 4) is 0 Å². The summed E-state index contributed by atoms with van der Waals surface area (Å²) < 4.78 is 0. The molecule has 100 valence electrons. The third-order valence-electron chi connectivity index (χ3n) is 2.66. The van der Waals surface area contributed by atoms with Crippen LogP contribution in [0.1, 0.15) is 5.56 Å². The van der Waals surface area contributed by atoms with Crippen molar-refractivity contribution in [1.29, 1.82) is 0 Å². The van der Waals surface area contributed by atoms with Gasteiger partial charge < -0.3 is 21.9 Å². The van der Waals surface area contributed by atoms with E-state index in [0.29, 0.717) is 18.1 Å². The Morgan fingerprint density at radius 1 is 1.16 bits per heavy atom. The maximum absolute atomic E-state index is 9.42. The van der Waals surface area contributed by atoms with Crippen LogP contribution in [-0.2, 0) is 6.42 Å². The first kappa shape index (κ1) is 13.1. The van der Waals surface area contributed by atoms with Gasteiger partial charge in [-0.15, -0.1) is 0 Å². The number of hydrogen-bond donors (Lipinski definition) is 4. The molecule has 19 heavy (non-hydrogen) atoms. The minimum Gasteiger partial charge on any atom is -0.394 e. The lowest BCUT2D eigenvalue weighted by atomic mass is 10.1. The largest absolute Gasteiger partial charge is 0.394 e. The van der Waals surface area contributed by atoms with Gasteiger partial charge in [0.05, 0.1) is 12.6 Å². The fourth-order valence-corrected chi connectivity index (χ4v) is 1.83. The number of nitrogens with zero attached hydrogens (tertiary/aromatic N) is 2. The molecule has 2 rings (SSSR count). The standard InChI is InChI=1S/C13H17N5O/c14-11-7-12(18-13(15)17-11)16-10(8-19)6-9-4-2-1-3-5-9/h1-5,7,10,19H,6,8H2,(H5,14,15,16,17,18). The third kappa shape index (κ3) is 3.82. The Balaban J connectivity index is 2.06. The lowest BCUT2D eigenvalue weighted by Crippen LogP contribution is -2.27. The second kappa shape index (κ2) is 6.01. The van der Waals surface area contributed by atoms with Crippen molar-refractivity contribution in [3.63, 3.8) is 0 Å². The summed E-state index contributed by atoms with van der Waals surface area (Å²) in [5.74, 6) is 0.922. The van der Waals surface area contributed by atoms with E-state index < -0.39 is 0 Å². The highest BCUT2D eigenvalue weighted by atomic mass is 16.3. The van der Waals surface area contributed by atoms with Gasteiger partial charge in [0.1, 0.15) is 11.6 Å². The summed E-state index contributed by atoms with van der Waals surface area (Å²) in [6.07, 6.45) is 0.682. The molecule has 2 aromatic rings. The molecule has 1 unspecified atom stereocenters. The van der Waals surface area contributed by atoms with Crippen LogP contribution < -0.4 is 16.8 Å². The number of anilines is 3. The van der Waals surface area contributed by atoms with E-state index in [-0.39, 0.29) is 18.6 Å². The van der Waals surface area contributed by atoms with E-state index in [0.717, 1.165) is 5.56 Å². The molecule has 6 heteroatoms. The first-order valence-corrected chi connectivity index (χ1v) is 5.98. The van der Waals surface area contributed by atoms with Crippen LogP contribution in [0.25, 0.3) is 0 Å². The van der Waals surface area contributed by atoms with Crippen molar-refractivity contribution >= 4 is 17.6 Å². The van der Waals surface area contributed by atoms with Crippen LogP contribution in [0.2, 0.25) is 0 Å². The van der Waals surface area contributed by atoms with Gasteiger partial charge in [0.2, 0.25) is 5.95 Å². The highest BCUT2D eigenvalue weighted by Crippen LogP contribution is 2.12. The van der Waals surface area contributed by atoms with Crippen LogP contribution in [0.5, 0.6) is 0 Å². The monoisotopic (exact) mass is 259 g/mol. The lowest BCUT2D eigenvalue weighted by molar-refractivity contribution is 0.273. The number of hydrogen-bond acceptors (Lipinski definition) is 6. The average molecular weight is 259 g/mol. The maximum Gasteiger partial charge on any atom is 0.223 e. The lowest BCUT2D eigenvalue weighted by Gasteiger charge is -2.17. The number of nitrogen functional groups attached to an aromatic ring is 2. The van der Waals surface area contributed by atoms with Gasteiger partial charge in [0, 0.05) is 6.07 Å². The van der Waals surface area contributed by atoms with E-state index in [1.165, 1.54) is 0 Å². The van der Waals surface area contributed by atoms with Crippen LogP contribution in [-0.4, -0.2) is 27.7 Å². The molecule has 0 aliphatic carbocycles. The van der Waals surface area contributed by atoms with Gasteiger partial charge >= 0.3 is 0 Å². The molecule has 0 aliphatic heterocycles. The smallest absolute Gasteiger partial charge is 0.223 e. The van der Waals surface area contributed by atoms with E-state index >= 15 is 0 Å². The maximum atomic E-state index is 9.42. The highest BCUT2D eigenvalue weighted by molar-refractivity contribution is 5.49. The number of rotatable bonds is 5. The molecule has 0 amide bonds. The van der Waals surface area contributed by atoms with E-state index in [2.05, 4.69) is 15.3 Å². The fraction of sp³-hybridized carbons (Fsp3) is 0.231. The van der Waals surface area contributed by atoms with E-state index in [9.17, 15) is 5.11 Å². The van der Waals surface area contributed by atoms with Gasteiger partial charge in [-0.05, 0) is 12.0 Å². The van der Waals surface area contributed by atoms with Crippen molar-refractivity contribution in [3.05, 3.63) is 42.0 Å². The molecule has 6 nitrogen and oxygen atoms in total. The van der Waals surface area contributed by atoms with Gasteiger partial charge in [-0.25, -0.2) is 0 Å². The molecule has 0 aliphatic rings. The Bertz CT molecular complexity index is 512. The Labute approximate surface area is 111 Å². The first-order chi connectivity index (χ1) is 9.17. The summed E-state index contributed by atoms with van der Waals surface area (Å²) in [5.41, 5.74) is 12.2. The average Bonchev–Trinajstić information content (AvgIpc) is 2.38. The minimum atomic E-state index is -0.156. The van der Waals surface area contributed by atoms with E-state index in [1.54, 1.807) is 6.07 Å². The molecule has 1 aromatic heterocycles.